The molecule has 1 aromatic carbocycles. The summed E-state index contributed by atoms with van der Waals surface area (Å²) in [6.45, 7) is 4.66. The lowest BCUT2D eigenvalue weighted by molar-refractivity contribution is -0.113. The highest BCUT2D eigenvalue weighted by Crippen LogP contribution is 2.45. The molecular formula is C15H19NO2. The summed E-state index contributed by atoms with van der Waals surface area (Å²) in [7, 11) is 0. The third-order valence-corrected chi connectivity index (χ3v) is 4.06. The molecule has 1 heterocycles. The SMILES string of the molecule is Cc1ccccc1C(C)(O)C1(C#N)CCCOC1. The fraction of sp³-hybridized carbons (Fsp3) is 0.533. The monoisotopic (exact) mass is 245 g/mol. The van der Waals surface area contributed by atoms with Gasteiger partial charge >= 0.3 is 0 Å². The summed E-state index contributed by atoms with van der Waals surface area (Å²) in [5.41, 5.74) is -0.218. The van der Waals surface area contributed by atoms with Crippen LogP contribution in [-0.2, 0) is 10.3 Å². The number of benzene rings is 1. The predicted octanol–water partition coefficient (Wildman–Crippen LogP) is 2.52. The van der Waals surface area contributed by atoms with Gasteiger partial charge in [0.15, 0.2) is 0 Å². The number of hydrogen-bond acceptors (Lipinski definition) is 3. The largest absolute Gasteiger partial charge is 0.384 e. The molecule has 2 rings (SSSR count). The van der Waals surface area contributed by atoms with E-state index in [1.165, 1.54) is 0 Å². The molecule has 0 aromatic heterocycles. The summed E-state index contributed by atoms with van der Waals surface area (Å²) in [5, 5.41) is 20.5. The second-order valence-electron chi connectivity index (χ2n) is 5.24. The molecule has 0 amide bonds. The number of rotatable bonds is 2. The number of nitrogens with zero attached hydrogens (tertiary/aromatic N) is 1. The van der Waals surface area contributed by atoms with Crippen LogP contribution in [0.4, 0.5) is 0 Å². The van der Waals surface area contributed by atoms with Crippen LogP contribution in [0.15, 0.2) is 24.3 Å². The highest BCUT2D eigenvalue weighted by Gasteiger charge is 2.50. The van der Waals surface area contributed by atoms with Crippen molar-refractivity contribution >= 4 is 0 Å². The van der Waals surface area contributed by atoms with Gasteiger partial charge in [0.2, 0.25) is 0 Å². The van der Waals surface area contributed by atoms with Gasteiger partial charge in [-0.15, -0.1) is 0 Å². The Morgan fingerprint density at radius 1 is 1.44 bits per heavy atom. The van der Waals surface area contributed by atoms with Gasteiger partial charge < -0.3 is 9.84 Å². The standard InChI is InChI=1S/C15H19NO2/c1-12-6-3-4-7-13(12)14(2,17)15(10-16)8-5-9-18-11-15/h3-4,6-7,17H,5,8-9,11H2,1-2H3. The minimum atomic E-state index is -1.19. The smallest absolute Gasteiger partial charge is 0.113 e. The van der Waals surface area contributed by atoms with Crippen LogP contribution in [0, 0.1) is 23.7 Å². The first kappa shape index (κ1) is 13.1. The van der Waals surface area contributed by atoms with E-state index in [0.29, 0.717) is 19.6 Å². The quantitative estimate of drug-likeness (QED) is 0.871. The van der Waals surface area contributed by atoms with E-state index >= 15 is 0 Å². The maximum atomic E-state index is 10.9. The van der Waals surface area contributed by atoms with E-state index in [2.05, 4.69) is 6.07 Å². The van der Waals surface area contributed by atoms with Crippen LogP contribution >= 0.6 is 0 Å². The molecule has 1 aliphatic heterocycles. The van der Waals surface area contributed by atoms with Crippen LogP contribution < -0.4 is 0 Å². The van der Waals surface area contributed by atoms with Gasteiger partial charge in [-0.25, -0.2) is 0 Å². The lowest BCUT2D eigenvalue weighted by Crippen LogP contribution is -2.48. The van der Waals surface area contributed by atoms with Crippen molar-refractivity contribution < 1.29 is 9.84 Å². The van der Waals surface area contributed by atoms with Crippen molar-refractivity contribution in [2.45, 2.75) is 32.3 Å². The lowest BCUT2D eigenvalue weighted by atomic mass is 9.66. The molecule has 1 aromatic rings. The van der Waals surface area contributed by atoms with E-state index in [1.807, 2.05) is 31.2 Å². The van der Waals surface area contributed by atoms with Crippen LogP contribution in [-0.4, -0.2) is 18.3 Å². The lowest BCUT2D eigenvalue weighted by Gasteiger charge is -2.43. The molecule has 3 nitrogen and oxygen atoms in total. The second-order valence-corrected chi connectivity index (χ2v) is 5.24. The third kappa shape index (κ3) is 1.92. The van der Waals surface area contributed by atoms with Crippen LogP contribution in [0.2, 0.25) is 0 Å². The summed E-state index contributed by atoms with van der Waals surface area (Å²) in [6, 6.07) is 9.99. The topological polar surface area (TPSA) is 53.2 Å². The van der Waals surface area contributed by atoms with E-state index in [-0.39, 0.29) is 0 Å². The molecule has 0 saturated carbocycles. The Bertz CT molecular complexity index is 468. The molecule has 96 valence electrons. The normalized spacial score (nSPS) is 27.2. The van der Waals surface area contributed by atoms with Gasteiger partial charge in [-0.3, -0.25) is 0 Å². The fourth-order valence-electron chi connectivity index (χ4n) is 2.75. The Kier molecular flexibility index (Phi) is 3.43. The Morgan fingerprint density at radius 3 is 2.72 bits per heavy atom. The van der Waals surface area contributed by atoms with Crippen molar-refractivity contribution in [3.8, 4) is 6.07 Å². The molecule has 3 heteroatoms. The molecule has 0 bridgehead atoms. The highest BCUT2D eigenvalue weighted by molar-refractivity contribution is 5.35. The van der Waals surface area contributed by atoms with Crippen LogP contribution in [0.25, 0.3) is 0 Å². The van der Waals surface area contributed by atoms with Crippen molar-refractivity contribution in [2.75, 3.05) is 13.2 Å². The first-order valence-electron chi connectivity index (χ1n) is 6.31. The Balaban J connectivity index is 2.47. The third-order valence-electron chi connectivity index (χ3n) is 4.06. The van der Waals surface area contributed by atoms with Crippen LogP contribution in [0.5, 0.6) is 0 Å². The summed E-state index contributed by atoms with van der Waals surface area (Å²) in [4.78, 5) is 0. The number of nitriles is 1. The zero-order valence-electron chi connectivity index (χ0n) is 10.9. The number of hydrogen-bond donors (Lipinski definition) is 1. The molecule has 2 unspecified atom stereocenters. The molecule has 1 aliphatic rings. The van der Waals surface area contributed by atoms with Crippen LogP contribution in [0.1, 0.15) is 30.9 Å². The maximum Gasteiger partial charge on any atom is 0.113 e. The number of aryl methyl sites for hydroxylation is 1. The molecule has 1 N–H and O–H groups in total. The molecule has 2 atom stereocenters. The zero-order valence-corrected chi connectivity index (χ0v) is 10.9. The Hall–Kier alpha value is -1.37. The van der Waals surface area contributed by atoms with E-state index in [1.54, 1.807) is 6.92 Å². The first-order valence-corrected chi connectivity index (χ1v) is 6.31. The molecule has 18 heavy (non-hydrogen) atoms. The molecule has 1 saturated heterocycles. The first-order chi connectivity index (χ1) is 8.53. The van der Waals surface area contributed by atoms with E-state index < -0.39 is 11.0 Å². The molecular weight excluding hydrogens is 226 g/mol. The number of ether oxygens (including phenoxy) is 1. The molecule has 0 radical (unpaired) electrons. The Labute approximate surface area is 108 Å². The van der Waals surface area contributed by atoms with Crippen molar-refractivity contribution in [3.63, 3.8) is 0 Å². The van der Waals surface area contributed by atoms with Gasteiger partial charge in [0.05, 0.1) is 12.7 Å². The molecule has 0 aliphatic carbocycles. The van der Waals surface area contributed by atoms with Crippen molar-refractivity contribution in [2.24, 2.45) is 5.41 Å². The van der Waals surface area contributed by atoms with E-state index in [9.17, 15) is 10.4 Å². The van der Waals surface area contributed by atoms with Gasteiger partial charge in [0.25, 0.3) is 0 Å². The maximum absolute atomic E-state index is 10.9. The minimum absolute atomic E-state index is 0.296. The second kappa shape index (κ2) is 4.72. The summed E-state index contributed by atoms with van der Waals surface area (Å²) >= 11 is 0. The number of aliphatic hydroxyl groups is 1. The van der Waals surface area contributed by atoms with Crippen LogP contribution in [0.3, 0.4) is 0 Å². The molecule has 0 spiro atoms. The van der Waals surface area contributed by atoms with E-state index in [0.717, 1.165) is 17.5 Å². The van der Waals surface area contributed by atoms with Gasteiger partial charge in [-0.2, -0.15) is 5.26 Å². The average Bonchev–Trinajstić information content (AvgIpc) is 2.39. The highest BCUT2D eigenvalue weighted by atomic mass is 16.5. The summed E-state index contributed by atoms with van der Waals surface area (Å²) in [5.74, 6) is 0. The Morgan fingerprint density at radius 2 is 2.17 bits per heavy atom. The van der Waals surface area contributed by atoms with Crippen molar-refractivity contribution in [3.05, 3.63) is 35.4 Å². The van der Waals surface area contributed by atoms with E-state index in [4.69, 9.17) is 4.74 Å². The average molecular weight is 245 g/mol. The van der Waals surface area contributed by atoms with Gasteiger partial charge in [-0.05, 0) is 37.8 Å². The summed E-state index contributed by atoms with van der Waals surface area (Å²) < 4.78 is 5.44. The van der Waals surface area contributed by atoms with Crippen molar-refractivity contribution in [1.82, 2.24) is 0 Å². The zero-order chi connectivity index (χ0) is 13.2. The fourth-order valence-corrected chi connectivity index (χ4v) is 2.75. The predicted molar refractivity (Wildman–Crippen MR) is 68.8 cm³/mol. The van der Waals surface area contributed by atoms with Gasteiger partial charge in [0, 0.05) is 6.61 Å². The minimum Gasteiger partial charge on any atom is -0.384 e. The van der Waals surface area contributed by atoms with Crippen molar-refractivity contribution in [1.29, 1.82) is 5.26 Å². The van der Waals surface area contributed by atoms with Gasteiger partial charge in [0.1, 0.15) is 11.0 Å². The summed E-state index contributed by atoms with van der Waals surface area (Å²) in [6.07, 6.45) is 1.49. The molecule has 1 fully saturated rings. The van der Waals surface area contributed by atoms with Gasteiger partial charge in [-0.1, -0.05) is 24.3 Å².